The molecular formula is C7H12IN3. The van der Waals surface area contributed by atoms with Gasteiger partial charge in [-0.15, -0.1) is 0 Å². The molecule has 0 aliphatic heterocycles. The van der Waals surface area contributed by atoms with Crippen LogP contribution in [0.5, 0.6) is 0 Å². The van der Waals surface area contributed by atoms with Crippen LogP contribution in [0.1, 0.15) is 26.3 Å². The highest BCUT2D eigenvalue weighted by Crippen LogP contribution is 2.19. The van der Waals surface area contributed by atoms with E-state index in [1.807, 2.05) is 4.68 Å². The summed E-state index contributed by atoms with van der Waals surface area (Å²) in [5.41, 5.74) is 5.77. The first-order valence-electron chi connectivity index (χ1n) is 3.65. The smallest absolute Gasteiger partial charge is 0.135 e. The fourth-order valence-corrected chi connectivity index (χ4v) is 1.25. The van der Waals surface area contributed by atoms with E-state index in [-0.39, 0.29) is 0 Å². The van der Waals surface area contributed by atoms with Gasteiger partial charge in [-0.25, -0.2) is 4.68 Å². The van der Waals surface area contributed by atoms with Crippen LogP contribution in [-0.2, 0) is 0 Å². The molecule has 4 heteroatoms. The van der Waals surface area contributed by atoms with E-state index in [1.165, 1.54) is 0 Å². The number of nitrogens with two attached hydrogens (primary N) is 1. The minimum atomic E-state index is 0.401. The number of anilines is 1. The van der Waals surface area contributed by atoms with Gasteiger partial charge in [0.25, 0.3) is 0 Å². The van der Waals surface area contributed by atoms with Gasteiger partial charge in [-0.3, -0.25) is 0 Å². The Kier molecular flexibility index (Phi) is 2.75. The van der Waals surface area contributed by atoms with Gasteiger partial charge < -0.3 is 5.73 Å². The van der Waals surface area contributed by atoms with Crippen molar-refractivity contribution >= 4 is 28.4 Å². The number of hydrogen-bond acceptors (Lipinski definition) is 2. The minimum Gasteiger partial charge on any atom is -0.383 e. The molecule has 2 N–H and O–H groups in total. The van der Waals surface area contributed by atoms with Gasteiger partial charge in [0.2, 0.25) is 0 Å². The maximum atomic E-state index is 5.77. The van der Waals surface area contributed by atoms with Gasteiger partial charge in [0.15, 0.2) is 0 Å². The van der Waals surface area contributed by atoms with Gasteiger partial charge >= 0.3 is 0 Å². The number of rotatable bonds is 2. The molecule has 0 amide bonds. The van der Waals surface area contributed by atoms with E-state index in [1.54, 1.807) is 6.20 Å². The molecule has 0 saturated carbocycles. The molecule has 1 atom stereocenters. The van der Waals surface area contributed by atoms with Crippen LogP contribution in [0.25, 0.3) is 0 Å². The molecule has 0 bridgehead atoms. The van der Waals surface area contributed by atoms with E-state index in [4.69, 9.17) is 5.73 Å². The molecule has 0 aliphatic rings. The lowest BCUT2D eigenvalue weighted by Crippen LogP contribution is -2.09. The molecule has 0 fully saturated rings. The third-order valence-electron chi connectivity index (χ3n) is 1.80. The summed E-state index contributed by atoms with van der Waals surface area (Å²) < 4.78 is 2.89. The Morgan fingerprint density at radius 1 is 1.82 bits per heavy atom. The second-order valence-electron chi connectivity index (χ2n) is 2.58. The van der Waals surface area contributed by atoms with Crippen molar-refractivity contribution in [2.75, 3.05) is 5.73 Å². The maximum absolute atomic E-state index is 5.77. The van der Waals surface area contributed by atoms with E-state index < -0.39 is 0 Å². The molecule has 1 aromatic rings. The number of nitrogens with zero attached hydrogens (tertiary/aromatic N) is 2. The molecule has 3 nitrogen and oxygen atoms in total. The van der Waals surface area contributed by atoms with Crippen LogP contribution in [0, 0.1) is 3.57 Å². The van der Waals surface area contributed by atoms with Crippen LogP contribution in [0.3, 0.4) is 0 Å². The minimum absolute atomic E-state index is 0.401. The van der Waals surface area contributed by atoms with Crippen molar-refractivity contribution in [3.05, 3.63) is 9.77 Å². The van der Waals surface area contributed by atoms with Gasteiger partial charge in [-0.05, 0) is 35.9 Å². The van der Waals surface area contributed by atoms with Gasteiger partial charge in [0.1, 0.15) is 5.82 Å². The number of nitrogen functional groups attached to an aromatic ring is 1. The van der Waals surface area contributed by atoms with Crippen molar-refractivity contribution in [2.24, 2.45) is 0 Å². The van der Waals surface area contributed by atoms with Crippen molar-refractivity contribution in [3.8, 4) is 0 Å². The van der Waals surface area contributed by atoms with Crippen LogP contribution in [0.4, 0.5) is 5.82 Å². The van der Waals surface area contributed by atoms with Crippen LogP contribution < -0.4 is 5.73 Å². The predicted octanol–water partition coefficient (Wildman–Crippen LogP) is 2.04. The van der Waals surface area contributed by atoms with Gasteiger partial charge in [-0.1, -0.05) is 6.92 Å². The lowest BCUT2D eigenvalue weighted by atomic mass is 10.3. The van der Waals surface area contributed by atoms with Crippen LogP contribution in [-0.4, -0.2) is 9.78 Å². The highest BCUT2D eigenvalue weighted by atomic mass is 127. The highest BCUT2D eigenvalue weighted by Gasteiger charge is 2.08. The van der Waals surface area contributed by atoms with Crippen LogP contribution >= 0.6 is 22.6 Å². The lowest BCUT2D eigenvalue weighted by molar-refractivity contribution is 0.484. The third-order valence-corrected chi connectivity index (χ3v) is 2.63. The Morgan fingerprint density at radius 3 is 2.82 bits per heavy atom. The second kappa shape index (κ2) is 3.42. The quantitative estimate of drug-likeness (QED) is 0.831. The Bertz CT molecular complexity index is 244. The largest absolute Gasteiger partial charge is 0.383 e. The van der Waals surface area contributed by atoms with E-state index in [0.717, 1.165) is 15.8 Å². The van der Waals surface area contributed by atoms with Crippen molar-refractivity contribution in [1.82, 2.24) is 9.78 Å². The molecule has 0 radical (unpaired) electrons. The van der Waals surface area contributed by atoms with E-state index >= 15 is 0 Å². The maximum Gasteiger partial charge on any atom is 0.135 e. The fraction of sp³-hybridized carbons (Fsp3) is 0.571. The summed E-state index contributed by atoms with van der Waals surface area (Å²) in [5, 5.41) is 4.17. The molecule has 1 unspecified atom stereocenters. The molecule has 62 valence electrons. The number of halogens is 1. The normalized spacial score (nSPS) is 13.4. The van der Waals surface area contributed by atoms with Crippen molar-refractivity contribution in [1.29, 1.82) is 0 Å². The zero-order chi connectivity index (χ0) is 8.43. The fourth-order valence-electron chi connectivity index (χ4n) is 0.875. The number of hydrogen-bond donors (Lipinski definition) is 1. The summed E-state index contributed by atoms with van der Waals surface area (Å²) in [4.78, 5) is 0. The molecular weight excluding hydrogens is 253 g/mol. The van der Waals surface area contributed by atoms with Gasteiger partial charge in [-0.2, -0.15) is 5.10 Å². The Hall–Kier alpha value is -0.260. The van der Waals surface area contributed by atoms with Crippen molar-refractivity contribution in [3.63, 3.8) is 0 Å². The van der Waals surface area contributed by atoms with Gasteiger partial charge in [0, 0.05) is 0 Å². The Morgan fingerprint density at radius 2 is 2.45 bits per heavy atom. The lowest BCUT2D eigenvalue weighted by Gasteiger charge is -2.10. The topological polar surface area (TPSA) is 43.8 Å². The first-order chi connectivity index (χ1) is 5.16. The Balaban J connectivity index is 2.94. The zero-order valence-corrected chi connectivity index (χ0v) is 8.87. The molecule has 1 heterocycles. The summed E-state index contributed by atoms with van der Waals surface area (Å²) in [6, 6.07) is 0.401. The zero-order valence-electron chi connectivity index (χ0n) is 6.71. The molecule has 11 heavy (non-hydrogen) atoms. The summed E-state index contributed by atoms with van der Waals surface area (Å²) in [5.74, 6) is 0.778. The van der Waals surface area contributed by atoms with Crippen molar-refractivity contribution < 1.29 is 0 Å². The number of aromatic nitrogens is 2. The van der Waals surface area contributed by atoms with Gasteiger partial charge in [0.05, 0.1) is 15.8 Å². The first-order valence-corrected chi connectivity index (χ1v) is 4.73. The predicted molar refractivity (Wildman–Crippen MR) is 54.4 cm³/mol. The first kappa shape index (κ1) is 8.83. The standard InChI is InChI=1S/C7H12IN3/c1-3-5(2)11-7(9)6(8)4-10-11/h4-5H,3,9H2,1-2H3. The highest BCUT2D eigenvalue weighted by molar-refractivity contribution is 14.1. The second-order valence-corrected chi connectivity index (χ2v) is 3.74. The van der Waals surface area contributed by atoms with E-state index in [2.05, 4.69) is 41.5 Å². The summed E-state index contributed by atoms with van der Waals surface area (Å²) in [6.07, 6.45) is 2.85. The average molecular weight is 265 g/mol. The molecule has 0 aliphatic carbocycles. The van der Waals surface area contributed by atoms with Crippen LogP contribution in [0.2, 0.25) is 0 Å². The van der Waals surface area contributed by atoms with Crippen LogP contribution in [0.15, 0.2) is 6.20 Å². The van der Waals surface area contributed by atoms with Crippen molar-refractivity contribution in [2.45, 2.75) is 26.3 Å². The summed E-state index contributed by atoms with van der Waals surface area (Å²) >= 11 is 2.19. The third kappa shape index (κ3) is 1.66. The SMILES string of the molecule is CCC(C)n1ncc(I)c1N. The van der Waals surface area contributed by atoms with E-state index in [0.29, 0.717) is 6.04 Å². The molecule has 0 aromatic carbocycles. The molecule has 1 rings (SSSR count). The monoisotopic (exact) mass is 265 g/mol. The molecule has 0 spiro atoms. The summed E-state index contributed by atoms with van der Waals surface area (Å²) in [6.45, 7) is 4.23. The van der Waals surface area contributed by atoms with E-state index in [9.17, 15) is 0 Å². The molecule has 0 saturated heterocycles. The summed E-state index contributed by atoms with van der Waals surface area (Å²) in [7, 11) is 0. The average Bonchev–Trinajstić information content (AvgIpc) is 2.32. The Labute approximate surface area is 80.1 Å². The molecule has 1 aromatic heterocycles.